The summed E-state index contributed by atoms with van der Waals surface area (Å²) in [5, 5.41) is 0.679. The second kappa shape index (κ2) is 7.53. The van der Waals surface area contributed by atoms with E-state index in [-0.39, 0.29) is 24.4 Å². The zero-order valence-corrected chi connectivity index (χ0v) is 14.0. The van der Waals surface area contributed by atoms with Crippen molar-refractivity contribution in [2.75, 3.05) is 19.7 Å². The van der Waals surface area contributed by atoms with E-state index in [1.54, 1.807) is 12.1 Å². The molecule has 1 amide bonds. The summed E-state index contributed by atoms with van der Waals surface area (Å²) in [5.41, 5.74) is 6.10. The average molecular weight is 345 g/mol. The number of halogens is 2. The first-order valence-electron chi connectivity index (χ1n) is 7.55. The van der Waals surface area contributed by atoms with Crippen LogP contribution in [0.4, 0.5) is 0 Å². The Balaban J connectivity index is 0.00000176. The minimum atomic E-state index is 0. The second-order valence-electron chi connectivity index (χ2n) is 6.02. The zero-order chi connectivity index (χ0) is 14.8. The van der Waals surface area contributed by atoms with Crippen molar-refractivity contribution in [3.8, 4) is 5.75 Å². The van der Waals surface area contributed by atoms with Gasteiger partial charge in [-0.2, -0.15) is 0 Å². The number of carbonyl (C=O) groups excluding carboxylic acids is 1. The fourth-order valence-corrected chi connectivity index (χ4v) is 3.58. The van der Waals surface area contributed by atoms with E-state index in [4.69, 9.17) is 22.1 Å². The Bertz CT molecular complexity index is 509. The maximum atomic E-state index is 12.2. The fourth-order valence-electron chi connectivity index (χ4n) is 3.46. The molecular weight excluding hydrogens is 323 g/mol. The molecule has 2 aliphatic rings. The third-order valence-corrected chi connectivity index (χ3v) is 4.92. The van der Waals surface area contributed by atoms with E-state index in [0.717, 1.165) is 31.7 Å². The molecule has 2 N–H and O–H groups in total. The highest BCUT2D eigenvalue weighted by Crippen LogP contribution is 2.37. The van der Waals surface area contributed by atoms with E-state index in [1.807, 2.05) is 17.0 Å². The number of benzene rings is 1. The Labute approximate surface area is 142 Å². The Morgan fingerprint density at radius 1 is 1.27 bits per heavy atom. The summed E-state index contributed by atoms with van der Waals surface area (Å²) >= 11 is 5.81. The molecule has 1 heterocycles. The van der Waals surface area contributed by atoms with Gasteiger partial charge in [0, 0.05) is 24.2 Å². The summed E-state index contributed by atoms with van der Waals surface area (Å²) in [7, 11) is 0. The maximum Gasteiger partial charge on any atom is 0.226 e. The van der Waals surface area contributed by atoms with Gasteiger partial charge in [-0.3, -0.25) is 4.79 Å². The van der Waals surface area contributed by atoms with E-state index >= 15 is 0 Å². The lowest BCUT2D eigenvalue weighted by Gasteiger charge is -2.18. The molecular formula is C16H22Cl2N2O2. The highest BCUT2D eigenvalue weighted by Gasteiger charge is 2.42. The number of hydrogen-bond donors (Lipinski definition) is 1. The Morgan fingerprint density at radius 2 is 2.00 bits per heavy atom. The summed E-state index contributed by atoms with van der Waals surface area (Å²) in [6.07, 6.45) is 2.69. The van der Waals surface area contributed by atoms with Crippen LogP contribution in [0.1, 0.15) is 19.3 Å². The van der Waals surface area contributed by atoms with Gasteiger partial charge in [-0.1, -0.05) is 11.6 Å². The molecule has 3 unspecified atom stereocenters. The first-order chi connectivity index (χ1) is 10.1. The Morgan fingerprint density at radius 3 is 2.68 bits per heavy atom. The average Bonchev–Trinajstić information content (AvgIpc) is 3.04. The van der Waals surface area contributed by atoms with Crippen LogP contribution in [0.2, 0.25) is 5.02 Å². The molecule has 3 atom stereocenters. The molecule has 1 aromatic carbocycles. The van der Waals surface area contributed by atoms with Crippen LogP contribution in [0, 0.1) is 11.8 Å². The molecule has 0 radical (unpaired) electrons. The van der Waals surface area contributed by atoms with Gasteiger partial charge in [0.15, 0.2) is 0 Å². The number of rotatable bonds is 4. The number of ether oxygens (including phenoxy) is 1. The van der Waals surface area contributed by atoms with Gasteiger partial charge in [0.1, 0.15) is 5.75 Å². The van der Waals surface area contributed by atoms with Crippen LogP contribution in [-0.2, 0) is 4.79 Å². The summed E-state index contributed by atoms with van der Waals surface area (Å²) < 4.78 is 5.58. The molecule has 0 aromatic heterocycles. The smallest absolute Gasteiger partial charge is 0.226 e. The molecule has 22 heavy (non-hydrogen) atoms. The van der Waals surface area contributed by atoms with Crippen LogP contribution in [0.25, 0.3) is 0 Å². The maximum absolute atomic E-state index is 12.2. The molecule has 1 aliphatic carbocycles. The van der Waals surface area contributed by atoms with Crippen LogP contribution in [0.3, 0.4) is 0 Å². The van der Waals surface area contributed by atoms with Crippen LogP contribution in [-0.4, -0.2) is 36.5 Å². The van der Waals surface area contributed by atoms with Crippen molar-refractivity contribution in [1.82, 2.24) is 4.90 Å². The van der Waals surface area contributed by atoms with Gasteiger partial charge in [-0.05, 0) is 48.9 Å². The number of hydrogen-bond acceptors (Lipinski definition) is 3. The topological polar surface area (TPSA) is 55.6 Å². The number of amides is 1. The normalized spacial score (nSPS) is 26.5. The molecule has 3 rings (SSSR count). The van der Waals surface area contributed by atoms with Crippen LogP contribution < -0.4 is 10.5 Å². The van der Waals surface area contributed by atoms with E-state index < -0.39 is 0 Å². The standard InChI is InChI=1S/C16H21ClN2O2.ClH/c17-12-2-4-13(5-3-12)21-8-7-16(20)19-9-11-1-6-15(18)14(11)10-19;/h2-5,11,14-15H,1,6-10,18H2;1H. The summed E-state index contributed by atoms with van der Waals surface area (Å²) in [6, 6.07) is 7.46. The van der Waals surface area contributed by atoms with Crippen LogP contribution in [0.15, 0.2) is 24.3 Å². The van der Waals surface area contributed by atoms with Gasteiger partial charge in [-0.15, -0.1) is 12.4 Å². The van der Waals surface area contributed by atoms with Crippen molar-refractivity contribution in [2.24, 2.45) is 17.6 Å². The highest BCUT2D eigenvalue weighted by molar-refractivity contribution is 6.30. The first-order valence-corrected chi connectivity index (χ1v) is 7.93. The molecule has 0 bridgehead atoms. The van der Waals surface area contributed by atoms with Crippen molar-refractivity contribution in [1.29, 1.82) is 0 Å². The largest absolute Gasteiger partial charge is 0.493 e. The van der Waals surface area contributed by atoms with E-state index in [1.165, 1.54) is 0 Å². The molecule has 6 heteroatoms. The molecule has 1 aliphatic heterocycles. The van der Waals surface area contributed by atoms with Crippen molar-refractivity contribution < 1.29 is 9.53 Å². The molecule has 4 nitrogen and oxygen atoms in total. The summed E-state index contributed by atoms with van der Waals surface area (Å²) in [5.74, 6) is 2.03. The molecule has 122 valence electrons. The van der Waals surface area contributed by atoms with Crippen LogP contribution >= 0.6 is 24.0 Å². The summed E-state index contributed by atoms with van der Waals surface area (Å²) in [4.78, 5) is 14.2. The van der Waals surface area contributed by atoms with E-state index in [2.05, 4.69) is 0 Å². The van der Waals surface area contributed by atoms with Crippen LogP contribution in [0.5, 0.6) is 5.75 Å². The van der Waals surface area contributed by atoms with Gasteiger partial charge >= 0.3 is 0 Å². The van der Waals surface area contributed by atoms with Crippen molar-refractivity contribution in [3.05, 3.63) is 29.3 Å². The summed E-state index contributed by atoms with van der Waals surface area (Å²) in [6.45, 7) is 2.10. The SMILES string of the molecule is Cl.NC1CCC2CN(C(=O)CCOc3ccc(Cl)cc3)CC12. The third-order valence-electron chi connectivity index (χ3n) is 4.66. The van der Waals surface area contributed by atoms with Gasteiger partial charge in [0.05, 0.1) is 13.0 Å². The Kier molecular flexibility index (Phi) is 5.95. The molecule has 1 saturated heterocycles. The monoisotopic (exact) mass is 344 g/mol. The second-order valence-corrected chi connectivity index (χ2v) is 6.45. The lowest BCUT2D eigenvalue weighted by atomic mass is 9.98. The predicted molar refractivity (Wildman–Crippen MR) is 89.6 cm³/mol. The lowest BCUT2D eigenvalue weighted by molar-refractivity contribution is -0.131. The number of nitrogens with zero attached hydrogens (tertiary/aromatic N) is 1. The number of likely N-dealkylation sites (tertiary alicyclic amines) is 1. The van der Waals surface area contributed by atoms with Crippen molar-refractivity contribution >= 4 is 29.9 Å². The van der Waals surface area contributed by atoms with Crippen molar-refractivity contribution in [2.45, 2.75) is 25.3 Å². The molecule has 2 fully saturated rings. The molecule has 1 saturated carbocycles. The fraction of sp³-hybridized carbons (Fsp3) is 0.562. The first kappa shape index (κ1) is 17.4. The van der Waals surface area contributed by atoms with Gasteiger partial charge in [0.25, 0.3) is 0 Å². The molecule has 1 aromatic rings. The Hall–Kier alpha value is -0.970. The minimum absolute atomic E-state index is 0. The number of nitrogens with two attached hydrogens (primary N) is 1. The lowest BCUT2D eigenvalue weighted by Crippen LogP contribution is -2.34. The van der Waals surface area contributed by atoms with E-state index in [9.17, 15) is 4.79 Å². The quantitative estimate of drug-likeness (QED) is 0.913. The minimum Gasteiger partial charge on any atom is -0.493 e. The van der Waals surface area contributed by atoms with Gasteiger partial charge in [0.2, 0.25) is 5.91 Å². The third kappa shape index (κ3) is 3.86. The van der Waals surface area contributed by atoms with Gasteiger partial charge < -0.3 is 15.4 Å². The molecule has 0 spiro atoms. The number of fused-ring (bicyclic) bond motifs is 1. The van der Waals surface area contributed by atoms with Crippen molar-refractivity contribution in [3.63, 3.8) is 0 Å². The predicted octanol–water partition coefficient (Wildman–Crippen LogP) is 2.73. The van der Waals surface area contributed by atoms with E-state index in [0.29, 0.717) is 29.9 Å². The highest BCUT2D eigenvalue weighted by atomic mass is 35.5. The zero-order valence-electron chi connectivity index (χ0n) is 12.4. The number of carbonyl (C=O) groups is 1. The van der Waals surface area contributed by atoms with Gasteiger partial charge in [-0.25, -0.2) is 0 Å².